The van der Waals surface area contributed by atoms with Crippen LogP contribution in [0.2, 0.25) is 0 Å². The maximum absolute atomic E-state index is 13.3. The average Bonchev–Trinajstić information content (AvgIpc) is 3.31. The molecule has 4 bridgehead atoms. The number of hydrogen-bond acceptors (Lipinski definition) is 7. The zero-order chi connectivity index (χ0) is 30.8. The van der Waals surface area contributed by atoms with Crippen LogP contribution in [-0.4, -0.2) is 53.1 Å². The molecule has 2 aromatic rings. The quantitative estimate of drug-likeness (QED) is 0.269. The minimum absolute atomic E-state index is 0.0677. The van der Waals surface area contributed by atoms with Crippen LogP contribution >= 0.6 is 27.3 Å². The highest BCUT2D eigenvalue weighted by Crippen LogP contribution is 2.53. The maximum atomic E-state index is 13.3. The smallest absolute Gasteiger partial charge is 0.287 e. The molecule has 43 heavy (non-hydrogen) atoms. The van der Waals surface area contributed by atoms with Gasteiger partial charge in [0, 0.05) is 25.7 Å². The van der Waals surface area contributed by atoms with Gasteiger partial charge in [0.2, 0.25) is 17.6 Å². The van der Waals surface area contributed by atoms with Crippen LogP contribution < -0.4 is 26.8 Å². The van der Waals surface area contributed by atoms with Gasteiger partial charge in [-0.15, -0.1) is 11.3 Å². The fourth-order valence-corrected chi connectivity index (χ4v) is 8.84. The number of likely N-dealkylation sites (N-methyl/N-ethyl adjacent to an activating group) is 1. The van der Waals surface area contributed by atoms with Crippen molar-refractivity contribution in [1.29, 1.82) is 0 Å². The Hall–Kier alpha value is -3.32. The minimum atomic E-state index is -1.21. The number of Topliss-reactive ketones (excluding diaryl/α,β-unsaturated/α-hetero) is 1. The lowest BCUT2D eigenvalue weighted by atomic mass is 9.54. The number of anilines is 1. The second-order valence-corrected chi connectivity index (χ2v) is 14.4. The van der Waals surface area contributed by atoms with Crippen molar-refractivity contribution in [2.75, 3.05) is 12.4 Å². The summed E-state index contributed by atoms with van der Waals surface area (Å²) in [6.07, 6.45) is 7.00. The SMILES string of the molecule is CNC(=O)C(=O)CC[C@H](NC(=O)c1sc(Br)cc1C)C(=O)Nc1cccn(CC(=O)NC2C3CC4CC(C3)CC2C4)c1=O. The van der Waals surface area contributed by atoms with Crippen molar-refractivity contribution in [3.8, 4) is 0 Å². The summed E-state index contributed by atoms with van der Waals surface area (Å²) < 4.78 is 1.99. The number of hydrogen-bond donors (Lipinski definition) is 4. The van der Waals surface area contributed by atoms with Gasteiger partial charge >= 0.3 is 0 Å². The number of carbonyl (C=O) groups excluding carboxylic acids is 5. The van der Waals surface area contributed by atoms with Crippen molar-refractivity contribution in [2.24, 2.45) is 23.7 Å². The molecule has 6 rings (SSSR count). The molecule has 2 aromatic heterocycles. The summed E-state index contributed by atoms with van der Waals surface area (Å²) in [5, 5.41) is 10.6. The van der Waals surface area contributed by atoms with Crippen molar-refractivity contribution in [2.45, 2.75) is 70.5 Å². The molecule has 0 radical (unpaired) electrons. The van der Waals surface area contributed by atoms with Gasteiger partial charge in [0.25, 0.3) is 17.4 Å². The van der Waals surface area contributed by atoms with Gasteiger partial charge in [0.15, 0.2) is 0 Å². The summed E-state index contributed by atoms with van der Waals surface area (Å²) in [7, 11) is 1.33. The Labute approximate surface area is 261 Å². The van der Waals surface area contributed by atoms with Gasteiger partial charge in [0.1, 0.15) is 18.3 Å². The number of nitrogens with zero attached hydrogens (tertiary/aromatic N) is 1. The molecule has 4 aliphatic carbocycles. The number of ketones is 1. The topological polar surface area (TPSA) is 155 Å². The van der Waals surface area contributed by atoms with Gasteiger partial charge in [-0.2, -0.15) is 0 Å². The van der Waals surface area contributed by atoms with Crippen molar-refractivity contribution in [1.82, 2.24) is 20.5 Å². The predicted octanol–water partition coefficient (Wildman–Crippen LogP) is 2.75. The summed E-state index contributed by atoms with van der Waals surface area (Å²) in [5.41, 5.74) is 0.0651. The van der Waals surface area contributed by atoms with E-state index in [1.54, 1.807) is 19.1 Å². The van der Waals surface area contributed by atoms with Crippen LogP contribution in [0, 0.1) is 30.6 Å². The fraction of sp³-hybridized carbons (Fsp3) is 0.533. The molecule has 4 fully saturated rings. The molecule has 0 saturated heterocycles. The lowest BCUT2D eigenvalue weighted by molar-refractivity contribution is -0.137. The normalized spacial score (nSPS) is 24.2. The van der Waals surface area contributed by atoms with E-state index in [1.165, 1.54) is 41.6 Å². The van der Waals surface area contributed by atoms with Crippen LogP contribution in [0.25, 0.3) is 0 Å². The Morgan fingerprint density at radius 2 is 1.74 bits per heavy atom. The molecule has 11 nitrogen and oxygen atoms in total. The van der Waals surface area contributed by atoms with Gasteiger partial charge in [-0.1, -0.05) is 0 Å². The van der Waals surface area contributed by atoms with Crippen LogP contribution in [-0.2, 0) is 25.7 Å². The van der Waals surface area contributed by atoms with E-state index in [1.807, 2.05) is 0 Å². The first kappa shape index (κ1) is 31.1. The standard InChI is InChI=1S/C30H36BrN5O6S/c1-15-8-23(31)43-26(15)29(41)33-20(5-6-22(37)28(40)32-2)27(39)34-21-4-3-7-36(30(21)42)14-24(38)35-25-18-10-16-9-17(12-18)13-19(25)11-16/h3-4,7-8,16-20,25H,5-6,9-14H2,1-2H3,(H,32,40)(H,33,41)(H,34,39)(H,35,38)/t16?,17?,18?,19?,20-,25?/m0/s1. The first-order valence-electron chi connectivity index (χ1n) is 14.6. The van der Waals surface area contributed by atoms with E-state index >= 15 is 0 Å². The summed E-state index contributed by atoms with van der Waals surface area (Å²) in [6.45, 7) is 1.57. The Kier molecular flexibility index (Phi) is 9.50. The Balaban J connectivity index is 1.25. The van der Waals surface area contributed by atoms with E-state index < -0.39 is 35.1 Å². The highest BCUT2D eigenvalue weighted by Gasteiger charge is 2.48. The van der Waals surface area contributed by atoms with Gasteiger partial charge in [-0.05, 0) is 109 Å². The first-order valence-corrected chi connectivity index (χ1v) is 16.2. The van der Waals surface area contributed by atoms with Gasteiger partial charge in [0.05, 0.1) is 8.66 Å². The summed E-state index contributed by atoms with van der Waals surface area (Å²) in [6, 6.07) is 3.68. The molecule has 2 heterocycles. The van der Waals surface area contributed by atoms with Gasteiger partial charge in [-0.25, -0.2) is 0 Å². The molecule has 4 aliphatic rings. The number of aromatic nitrogens is 1. The van der Waals surface area contributed by atoms with E-state index in [0.29, 0.717) is 22.3 Å². The predicted molar refractivity (Wildman–Crippen MR) is 165 cm³/mol. The third-order valence-corrected chi connectivity index (χ3v) is 10.7. The third-order valence-electron chi connectivity index (χ3n) is 9.00. The van der Waals surface area contributed by atoms with E-state index in [0.717, 1.165) is 41.3 Å². The number of thiophene rings is 1. The number of amides is 4. The number of pyridine rings is 1. The Morgan fingerprint density at radius 3 is 2.35 bits per heavy atom. The van der Waals surface area contributed by atoms with Crippen molar-refractivity contribution >= 4 is 62.4 Å². The summed E-state index contributed by atoms with van der Waals surface area (Å²) in [4.78, 5) is 76.9. The fourth-order valence-electron chi connectivity index (χ4n) is 7.21. The molecule has 0 unspecified atom stereocenters. The van der Waals surface area contributed by atoms with Crippen LogP contribution in [0.3, 0.4) is 0 Å². The third kappa shape index (κ3) is 7.09. The molecule has 13 heteroatoms. The highest BCUT2D eigenvalue weighted by molar-refractivity contribution is 9.11. The minimum Gasteiger partial charge on any atom is -0.353 e. The molecule has 4 saturated carbocycles. The summed E-state index contributed by atoms with van der Waals surface area (Å²) in [5.74, 6) is -0.452. The van der Waals surface area contributed by atoms with Crippen LogP contribution in [0.1, 0.15) is 60.2 Å². The number of aryl methyl sites for hydroxylation is 1. The zero-order valence-corrected chi connectivity index (χ0v) is 26.5. The molecule has 1 atom stereocenters. The van der Waals surface area contributed by atoms with Crippen molar-refractivity contribution < 1.29 is 24.0 Å². The molecular weight excluding hydrogens is 638 g/mol. The number of nitrogens with one attached hydrogen (secondary N) is 4. The zero-order valence-electron chi connectivity index (χ0n) is 24.1. The lowest BCUT2D eigenvalue weighted by Crippen LogP contribution is -2.56. The van der Waals surface area contributed by atoms with Gasteiger partial charge < -0.3 is 25.8 Å². The van der Waals surface area contributed by atoms with Crippen LogP contribution in [0.15, 0.2) is 33.0 Å². The monoisotopic (exact) mass is 673 g/mol. The second kappa shape index (κ2) is 13.1. The molecular formula is C30H36BrN5O6S. The highest BCUT2D eigenvalue weighted by atomic mass is 79.9. The van der Waals surface area contributed by atoms with E-state index in [-0.39, 0.29) is 37.0 Å². The van der Waals surface area contributed by atoms with Gasteiger partial charge in [-0.3, -0.25) is 28.8 Å². The average molecular weight is 675 g/mol. The lowest BCUT2D eigenvalue weighted by Gasteiger charge is -2.54. The second-order valence-electron chi connectivity index (χ2n) is 12.0. The van der Waals surface area contributed by atoms with E-state index in [9.17, 15) is 28.8 Å². The molecule has 4 amide bonds. The van der Waals surface area contributed by atoms with Crippen molar-refractivity contribution in [3.63, 3.8) is 0 Å². The summed E-state index contributed by atoms with van der Waals surface area (Å²) >= 11 is 4.54. The number of carbonyl (C=O) groups is 5. The molecule has 0 aliphatic heterocycles. The number of rotatable bonds is 11. The Morgan fingerprint density at radius 1 is 1.07 bits per heavy atom. The largest absolute Gasteiger partial charge is 0.353 e. The van der Waals surface area contributed by atoms with Crippen LogP contribution in [0.5, 0.6) is 0 Å². The molecule has 4 N–H and O–H groups in total. The molecule has 0 spiro atoms. The van der Waals surface area contributed by atoms with Crippen molar-refractivity contribution in [3.05, 3.63) is 49.0 Å². The Bertz CT molecular complexity index is 1470. The molecule has 230 valence electrons. The first-order chi connectivity index (χ1) is 20.5. The van der Waals surface area contributed by atoms with E-state index in [2.05, 4.69) is 37.2 Å². The van der Waals surface area contributed by atoms with Crippen LogP contribution in [0.4, 0.5) is 5.69 Å². The number of halogens is 1. The maximum Gasteiger partial charge on any atom is 0.287 e. The van der Waals surface area contributed by atoms with E-state index in [4.69, 9.17) is 0 Å². The molecule has 0 aromatic carbocycles.